The van der Waals surface area contributed by atoms with Gasteiger partial charge in [-0.15, -0.1) is 0 Å². The lowest BCUT2D eigenvalue weighted by molar-refractivity contribution is 0.198. The first-order valence-corrected chi connectivity index (χ1v) is 9.66. The Balaban J connectivity index is 1.59. The van der Waals surface area contributed by atoms with Crippen molar-refractivity contribution in [1.29, 1.82) is 0 Å². The third-order valence-electron chi connectivity index (χ3n) is 4.85. The number of hydrogen-bond acceptors (Lipinski definition) is 3. The Morgan fingerprint density at radius 3 is 2.63 bits per heavy atom. The molecule has 0 radical (unpaired) electrons. The van der Waals surface area contributed by atoms with E-state index in [0.717, 1.165) is 42.9 Å². The molecule has 0 aliphatic heterocycles. The molecule has 0 bridgehead atoms. The van der Waals surface area contributed by atoms with Gasteiger partial charge in [0, 0.05) is 12.1 Å². The molecule has 1 aliphatic carbocycles. The maximum Gasteiger partial charge on any atom is 0.188 e. The summed E-state index contributed by atoms with van der Waals surface area (Å²) in [5, 5.41) is 3.18. The molecule has 5 nitrogen and oxygen atoms in total. The fourth-order valence-corrected chi connectivity index (χ4v) is 3.36. The molecule has 144 valence electrons. The van der Waals surface area contributed by atoms with Crippen LogP contribution in [0.4, 0.5) is 0 Å². The summed E-state index contributed by atoms with van der Waals surface area (Å²) < 4.78 is 11.7. The van der Waals surface area contributed by atoms with Crippen molar-refractivity contribution in [3.63, 3.8) is 0 Å². The minimum Gasteiger partial charge on any atom is -0.493 e. The second-order valence-electron chi connectivity index (χ2n) is 6.84. The van der Waals surface area contributed by atoms with Crippen LogP contribution in [0.2, 0.25) is 0 Å². The molecule has 1 saturated carbocycles. The zero-order valence-corrected chi connectivity index (χ0v) is 16.0. The predicted octanol–water partition coefficient (Wildman–Crippen LogP) is 3.66. The number of benzene rings is 2. The van der Waals surface area contributed by atoms with E-state index in [2.05, 4.69) is 22.4 Å². The van der Waals surface area contributed by atoms with Crippen molar-refractivity contribution in [3.05, 3.63) is 59.7 Å². The summed E-state index contributed by atoms with van der Waals surface area (Å²) in [5.41, 5.74) is 8.31. The largest absolute Gasteiger partial charge is 0.493 e. The van der Waals surface area contributed by atoms with Crippen molar-refractivity contribution in [3.8, 4) is 11.5 Å². The van der Waals surface area contributed by atoms with Gasteiger partial charge >= 0.3 is 0 Å². The van der Waals surface area contributed by atoms with Gasteiger partial charge in [-0.2, -0.15) is 0 Å². The van der Waals surface area contributed by atoms with Crippen LogP contribution < -0.4 is 20.5 Å². The third-order valence-corrected chi connectivity index (χ3v) is 4.85. The lowest BCUT2D eigenvalue weighted by atomic mass is 10.1. The molecule has 3 rings (SSSR count). The topological polar surface area (TPSA) is 68.9 Å². The van der Waals surface area contributed by atoms with Gasteiger partial charge in [-0.1, -0.05) is 42.5 Å². The number of aliphatic imine (C=N–C) groups is 1. The van der Waals surface area contributed by atoms with Crippen LogP contribution in [0.1, 0.15) is 36.8 Å². The highest BCUT2D eigenvalue weighted by Crippen LogP contribution is 2.35. The van der Waals surface area contributed by atoms with Crippen LogP contribution in [-0.4, -0.2) is 25.7 Å². The van der Waals surface area contributed by atoms with Crippen molar-refractivity contribution in [2.75, 3.05) is 13.7 Å². The third kappa shape index (κ3) is 5.64. The Kier molecular flexibility index (Phi) is 6.97. The highest BCUT2D eigenvalue weighted by atomic mass is 16.5. The molecule has 0 atom stereocenters. The van der Waals surface area contributed by atoms with Crippen LogP contribution in [0.15, 0.2) is 53.5 Å². The summed E-state index contributed by atoms with van der Waals surface area (Å²) in [6.45, 7) is 1.21. The van der Waals surface area contributed by atoms with Gasteiger partial charge in [0.05, 0.1) is 19.8 Å². The van der Waals surface area contributed by atoms with Crippen molar-refractivity contribution in [2.45, 2.75) is 44.8 Å². The van der Waals surface area contributed by atoms with Crippen LogP contribution in [0.25, 0.3) is 0 Å². The number of guanidine groups is 1. The van der Waals surface area contributed by atoms with Crippen LogP contribution >= 0.6 is 0 Å². The van der Waals surface area contributed by atoms with E-state index in [0.29, 0.717) is 12.5 Å². The maximum absolute atomic E-state index is 6.24. The fourth-order valence-electron chi connectivity index (χ4n) is 3.36. The number of para-hydroxylation sites is 1. The summed E-state index contributed by atoms with van der Waals surface area (Å²) in [4.78, 5) is 4.48. The molecule has 1 aliphatic rings. The Morgan fingerprint density at radius 1 is 1.11 bits per heavy atom. The normalized spacial score (nSPS) is 14.9. The lowest BCUT2D eigenvalue weighted by Gasteiger charge is -2.18. The molecule has 5 heteroatoms. The maximum atomic E-state index is 6.24. The van der Waals surface area contributed by atoms with E-state index in [1.54, 1.807) is 7.11 Å². The van der Waals surface area contributed by atoms with Crippen molar-refractivity contribution >= 4 is 5.96 Å². The van der Waals surface area contributed by atoms with Gasteiger partial charge in [-0.05, 0) is 43.7 Å². The number of methoxy groups -OCH3 is 1. The summed E-state index contributed by atoms with van der Waals surface area (Å²) in [6.07, 6.45) is 5.84. The number of rotatable bonds is 8. The number of hydrogen-bond donors (Lipinski definition) is 2. The second kappa shape index (κ2) is 9.86. The number of nitrogens with zero attached hydrogens (tertiary/aromatic N) is 1. The van der Waals surface area contributed by atoms with Gasteiger partial charge in [0.1, 0.15) is 0 Å². The highest BCUT2D eigenvalue weighted by Gasteiger charge is 2.20. The first kappa shape index (κ1) is 19.1. The fraction of sp³-hybridized carbons (Fsp3) is 0.409. The lowest BCUT2D eigenvalue weighted by Crippen LogP contribution is -2.33. The molecule has 3 N–H and O–H groups in total. The van der Waals surface area contributed by atoms with Gasteiger partial charge in [0.2, 0.25) is 0 Å². The zero-order valence-electron chi connectivity index (χ0n) is 16.0. The Hall–Kier alpha value is -2.69. The average Bonchev–Trinajstić information content (AvgIpc) is 3.21. The van der Waals surface area contributed by atoms with E-state index in [-0.39, 0.29) is 6.10 Å². The van der Waals surface area contributed by atoms with Crippen LogP contribution in [0.3, 0.4) is 0 Å². The van der Waals surface area contributed by atoms with E-state index in [1.165, 1.54) is 18.4 Å². The second-order valence-corrected chi connectivity index (χ2v) is 6.84. The van der Waals surface area contributed by atoms with Gasteiger partial charge in [0.15, 0.2) is 17.5 Å². The first-order chi connectivity index (χ1) is 13.3. The smallest absolute Gasteiger partial charge is 0.188 e. The predicted molar refractivity (Wildman–Crippen MR) is 109 cm³/mol. The quantitative estimate of drug-likeness (QED) is 0.552. The summed E-state index contributed by atoms with van der Waals surface area (Å²) >= 11 is 0. The molecule has 0 heterocycles. The van der Waals surface area contributed by atoms with Gasteiger partial charge in [0.25, 0.3) is 0 Å². The minimum absolute atomic E-state index is 0.269. The molecule has 0 spiro atoms. The Labute approximate surface area is 161 Å². The van der Waals surface area contributed by atoms with Crippen molar-refractivity contribution in [2.24, 2.45) is 10.7 Å². The van der Waals surface area contributed by atoms with E-state index in [9.17, 15) is 0 Å². The van der Waals surface area contributed by atoms with E-state index in [1.807, 2.05) is 36.4 Å². The molecule has 2 aromatic rings. The molecular weight excluding hydrogens is 338 g/mol. The molecule has 27 heavy (non-hydrogen) atoms. The van der Waals surface area contributed by atoms with Gasteiger partial charge in [-0.25, -0.2) is 4.99 Å². The van der Waals surface area contributed by atoms with Crippen molar-refractivity contribution in [1.82, 2.24) is 5.32 Å². The monoisotopic (exact) mass is 367 g/mol. The summed E-state index contributed by atoms with van der Waals surface area (Å²) in [7, 11) is 1.67. The zero-order chi connectivity index (χ0) is 18.9. The molecule has 1 fully saturated rings. The van der Waals surface area contributed by atoms with Crippen molar-refractivity contribution < 1.29 is 9.47 Å². The van der Waals surface area contributed by atoms with Crippen LogP contribution in [0.5, 0.6) is 11.5 Å². The highest BCUT2D eigenvalue weighted by molar-refractivity contribution is 5.77. The average molecular weight is 367 g/mol. The molecule has 2 aromatic carbocycles. The first-order valence-electron chi connectivity index (χ1n) is 9.66. The minimum atomic E-state index is 0.269. The molecule has 0 saturated heterocycles. The number of ether oxygens (including phenoxy) is 2. The molecule has 0 amide bonds. The van der Waals surface area contributed by atoms with Crippen LogP contribution in [-0.2, 0) is 13.0 Å². The Bertz CT molecular complexity index is 740. The summed E-state index contributed by atoms with van der Waals surface area (Å²) in [5.74, 6) is 2.00. The van der Waals surface area contributed by atoms with E-state index in [4.69, 9.17) is 15.2 Å². The Morgan fingerprint density at radius 2 is 1.89 bits per heavy atom. The molecule has 0 unspecified atom stereocenters. The molecular formula is C22H29N3O2. The van der Waals surface area contributed by atoms with E-state index >= 15 is 0 Å². The SMILES string of the molecule is COc1cccc(CN=C(N)NCCc2ccccc2)c1OC1CCCC1. The number of nitrogens with two attached hydrogens (primary N) is 1. The van der Waals surface area contributed by atoms with Crippen LogP contribution in [0, 0.1) is 0 Å². The van der Waals surface area contributed by atoms with Gasteiger partial charge in [-0.3, -0.25) is 0 Å². The number of nitrogens with one attached hydrogen (secondary N) is 1. The molecule has 0 aromatic heterocycles. The van der Waals surface area contributed by atoms with Gasteiger partial charge < -0.3 is 20.5 Å². The van der Waals surface area contributed by atoms with E-state index < -0.39 is 0 Å². The standard InChI is InChI=1S/C22H29N3O2/c1-26-20-13-7-10-18(21(20)27-19-11-5-6-12-19)16-25-22(23)24-15-14-17-8-3-2-4-9-17/h2-4,7-10,13,19H,5-6,11-12,14-16H2,1H3,(H3,23,24,25). The summed E-state index contributed by atoms with van der Waals surface area (Å²) in [6, 6.07) is 16.2.